The summed E-state index contributed by atoms with van der Waals surface area (Å²) in [5, 5.41) is 7.33. The van der Waals surface area contributed by atoms with Gasteiger partial charge in [0.25, 0.3) is 0 Å². The van der Waals surface area contributed by atoms with Crippen molar-refractivity contribution in [3.8, 4) is 0 Å². The Morgan fingerprint density at radius 3 is 2.82 bits per heavy atom. The Morgan fingerprint density at radius 2 is 2.14 bits per heavy atom. The lowest BCUT2D eigenvalue weighted by atomic mass is 9.85. The summed E-state index contributed by atoms with van der Waals surface area (Å²) in [5.41, 5.74) is -0.128. The molecule has 0 spiro atoms. The first-order chi connectivity index (χ1) is 10.5. The number of aromatic amines is 1. The molecule has 0 aromatic carbocycles. The Morgan fingerprint density at radius 1 is 1.41 bits per heavy atom. The first-order valence-electron chi connectivity index (χ1n) is 8.49. The third-order valence-corrected chi connectivity index (χ3v) is 5.71. The summed E-state index contributed by atoms with van der Waals surface area (Å²) >= 11 is 5.29. The molecule has 1 saturated heterocycles. The largest absolute Gasteiger partial charge is 0.341 e. The number of H-pyrrole nitrogens is 1. The maximum absolute atomic E-state index is 12.9. The van der Waals surface area contributed by atoms with E-state index in [-0.39, 0.29) is 5.41 Å². The highest BCUT2D eigenvalue weighted by molar-refractivity contribution is 7.71. The Labute approximate surface area is 137 Å². The van der Waals surface area contributed by atoms with Gasteiger partial charge in [0, 0.05) is 31.0 Å². The third-order valence-electron chi connectivity index (χ3n) is 5.40. The van der Waals surface area contributed by atoms with Gasteiger partial charge in [0.1, 0.15) is 5.82 Å². The fourth-order valence-corrected chi connectivity index (χ4v) is 4.34. The molecule has 1 aliphatic heterocycles. The van der Waals surface area contributed by atoms with Crippen molar-refractivity contribution in [2.45, 2.75) is 64.8 Å². The number of nitrogens with one attached hydrogen (secondary N) is 1. The molecule has 2 aliphatic rings. The van der Waals surface area contributed by atoms with Gasteiger partial charge in [-0.1, -0.05) is 19.8 Å². The molecule has 1 N–H and O–H groups in total. The molecule has 0 radical (unpaired) electrons. The van der Waals surface area contributed by atoms with E-state index in [1.165, 1.54) is 12.8 Å². The molecule has 6 heteroatoms. The molecule has 1 unspecified atom stereocenters. The predicted molar refractivity (Wildman–Crippen MR) is 88.2 cm³/mol. The average molecular weight is 322 g/mol. The number of carbonyl (C=O) groups is 1. The molecule has 1 aromatic rings. The number of aromatic nitrogens is 3. The molecule has 5 nitrogen and oxygen atoms in total. The van der Waals surface area contributed by atoms with Crippen molar-refractivity contribution in [1.29, 1.82) is 0 Å². The number of likely N-dealkylation sites (tertiary alicyclic amines) is 1. The van der Waals surface area contributed by atoms with Gasteiger partial charge in [-0.05, 0) is 44.8 Å². The lowest BCUT2D eigenvalue weighted by molar-refractivity contribution is -0.142. The second-order valence-corrected chi connectivity index (χ2v) is 7.38. The van der Waals surface area contributed by atoms with E-state index in [1.807, 2.05) is 0 Å². The van der Waals surface area contributed by atoms with E-state index >= 15 is 0 Å². The van der Waals surface area contributed by atoms with Gasteiger partial charge >= 0.3 is 0 Å². The molecule has 0 bridgehead atoms. The minimum Gasteiger partial charge on any atom is -0.341 e. The number of amides is 1. The van der Waals surface area contributed by atoms with E-state index in [1.54, 1.807) is 0 Å². The van der Waals surface area contributed by atoms with Gasteiger partial charge in [-0.2, -0.15) is 5.10 Å². The Balaban J connectivity index is 1.77. The normalized spacial score (nSPS) is 24.6. The van der Waals surface area contributed by atoms with Crippen LogP contribution in [-0.4, -0.2) is 38.7 Å². The molecule has 1 saturated carbocycles. The minimum absolute atomic E-state index is 0.128. The highest BCUT2D eigenvalue weighted by atomic mass is 32.1. The van der Waals surface area contributed by atoms with Crippen molar-refractivity contribution in [1.82, 2.24) is 19.7 Å². The molecule has 1 aromatic heterocycles. The third kappa shape index (κ3) is 2.73. The summed E-state index contributed by atoms with van der Waals surface area (Å²) in [5.74, 6) is 1.67. The molecule has 2 heterocycles. The quantitative estimate of drug-likeness (QED) is 0.869. The van der Waals surface area contributed by atoms with Gasteiger partial charge in [0.2, 0.25) is 5.91 Å². The highest BCUT2D eigenvalue weighted by Gasteiger charge is 2.40. The summed E-state index contributed by atoms with van der Waals surface area (Å²) < 4.78 is 2.74. The zero-order valence-corrected chi connectivity index (χ0v) is 14.4. The van der Waals surface area contributed by atoms with E-state index in [2.05, 4.69) is 33.5 Å². The van der Waals surface area contributed by atoms with E-state index in [0.717, 1.165) is 51.1 Å². The van der Waals surface area contributed by atoms with Crippen molar-refractivity contribution >= 4 is 18.1 Å². The first-order valence-corrected chi connectivity index (χ1v) is 8.90. The molecular formula is C16H26N4OS. The van der Waals surface area contributed by atoms with Crippen LogP contribution >= 0.6 is 12.2 Å². The van der Waals surface area contributed by atoms with Crippen LogP contribution in [0.3, 0.4) is 0 Å². The SMILES string of the molecule is CCn1c(C2CCCN(C(=O)C3(C)CCCC3)C2)n[nH]c1=S. The van der Waals surface area contributed by atoms with Crippen molar-refractivity contribution in [2.75, 3.05) is 13.1 Å². The fourth-order valence-electron chi connectivity index (χ4n) is 4.07. The van der Waals surface area contributed by atoms with Gasteiger partial charge in [0.15, 0.2) is 4.77 Å². The van der Waals surface area contributed by atoms with Crippen LogP contribution in [0.2, 0.25) is 0 Å². The number of piperidine rings is 1. The van der Waals surface area contributed by atoms with Gasteiger partial charge in [-0.25, -0.2) is 0 Å². The maximum Gasteiger partial charge on any atom is 0.228 e. The van der Waals surface area contributed by atoms with Crippen LogP contribution in [0.5, 0.6) is 0 Å². The van der Waals surface area contributed by atoms with Crippen LogP contribution in [0.4, 0.5) is 0 Å². The lowest BCUT2D eigenvalue weighted by Crippen LogP contribution is -2.46. The number of carbonyl (C=O) groups excluding carboxylic acids is 1. The second kappa shape index (κ2) is 6.14. The van der Waals surface area contributed by atoms with Crippen molar-refractivity contribution in [2.24, 2.45) is 5.41 Å². The van der Waals surface area contributed by atoms with E-state index in [0.29, 0.717) is 16.6 Å². The summed E-state index contributed by atoms with van der Waals surface area (Å²) in [6.07, 6.45) is 6.60. The van der Waals surface area contributed by atoms with Crippen LogP contribution < -0.4 is 0 Å². The Bertz CT molecular complexity index is 600. The molecule has 22 heavy (non-hydrogen) atoms. The fraction of sp³-hybridized carbons (Fsp3) is 0.812. The summed E-state index contributed by atoms with van der Waals surface area (Å²) in [7, 11) is 0. The van der Waals surface area contributed by atoms with Gasteiger partial charge in [0.05, 0.1) is 0 Å². The highest BCUT2D eigenvalue weighted by Crippen LogP contribution is 2.40. The van der Waals surface area contributed by atoms with Crippen LogP contribution in [-0.2, 0) is 11.3 Å². The molecule has 1 aliphatic carbocycles. The lowest BCUT2D eigenvalue weighted by Gasteiger charge is -2.37. The number of hydrogen-bond acceptors (Lipinski definition) is 3. The van der Waals surface area contributed by atoms with Gasteiger partial charge in [-0.15, -0.1) is 0 Å². The summed E-state index contributed by atoms with van der Waals surface area (Å²) in [6.45, 7) is 6.73. The summed E-state index contributed by atoms with van der Waals surface area (Å²) in [6, 6.07) is 0. The van der Waals surface area contributed by atoms with Crippen LogP contribution in [0.25, 0.3) is 0 Å². The number of hydrogen-bond donors (Lipinski definition) is 1. The average Bonchev–Trinajstić information content (AvgIpc) is 3.13. The number of rotatable bonds is 3. The zero-order valence-electron chi connectivity index (χ0n) is 13.6. The van der Waals surface area contributed by atoms with Crippen molar-refractivity contribution in [3.05, 3.63) is 10.6 Å². The predicted octanol–water partition coefficient (Wildman–Crippen LogP) is 3.25. The Kier molecular flexibility index (Phi) is 4.39. The smallest absolute Gasteiger partial charge is 0.228 e. The Hall–Kier alpha value is -1.17. The minimum atomic E-state index is -0.128. The molecule has 1 amide bonds. The molecule has 2 fully saturated rings. The van der Waals surface area contributed by atoms with Crippen molar-refractivity contribution in [3.63, 3.8) is 0 Å². The summed E-state index contributed by atoms with van der Waals surface area (Å²) in [4.78, 5) is 15.0. The number of nitrogens with zero attached hydrogens (tertiary/aromatic N) is 3. The van der Waals surface area contributed by atoms with Gasteiger partial charge < -0.3 is 9.47 Å². The molecule has 1 atom stereocenters. The standard InChI is InChI=1S/C16H26N4OS/c1-3-20-13(17-18-15(20)22)12-7-6-10-19(11-12)14(21)16(2)8-4-5-9-16/h12H,3-11H2,1-2H3,(H,18,22). The molecular weight excluding hydrogens is 296 g/mol. The van der Waals surface area contributed by atoms with Crippen LogP contribution in [0.15, 0.2) is 0 Å². The maximum atomic E-state index is 12.9. The molecule has 122 valence electrons. The van der Waals surface area contributed by atoms with Crippen LogP contribution in [0.1, 0.15) is 64.1 Å². The van der Waals surface area contributed by atoms with E-state index < -0.39 is 0 Å². The first kappa shape index (κ1) is 15.7. The van der Waals surface area contributed by atoms with E-state index in [9.17, 15) is 4.79 Å². The monoisotopic (exact) mass is 322 g/mol. The zero-order chi connectivity index (χ0) is 15.7. The second-order valence-electron chi connectivity index (χ2n) is 6.99. The van der Waals surface area contributed by atoms with E-state index in [4.69, 9.17) is 12.2 Å². The van der Waals surface area contributed by atoms with Gasteiger partial charge in [-0.3, -0.25) is 9.89 Å². The van der Waals surface area contributed by atoms with Crippen molar-refractivity contribution < 1.29 is 4.79 Å². The van der Waals surface area contributed by atoms with Crippen LogP contribution in [0, 0.1) is 10.2 Å². The molecule has 3 rings (SSSR count). The topological polar surface area (TPSA) is 53.9 Å².